The van der Waals surface area contributed by atoms with Crippen molar-refractivity contribution in [3.63, 3.8) is 0 Å². The van der Waals surface area contributed by atoms with Crippen LogP contribution < -0.4 is 30.2 Å². The number of nitrogens with one attached hydrogen (secondary N) is 3. The molecule has 0 radical (unpaired) electrons. The summed E-state index contributed by atoms with van der Waals surface area (Å²) in [4.78, 5) is 41.5. The van der Waals surface area contributed by atoms with Crippen molar-refractivity contribution in [2.75, 3.05) is 32.0 Å². The van der Waals surface area contributed by atoms with E-state index in [1.807, 2.05) is 66.7 Å². The van der Waals surface area contributed by atoms with E-state index in [0.717, 1.165) is 16.0 Å². The third-order valence-corrected chi connectivity index (χ3v) is 9.45. The fraction of sp³-hybridized carbons (Fsp3) is 0.0930. The van der Waals surface area contributed by atoms with Crippen LogP contribution in [0.3, 0.4) is 0 Å². The molecule has 0 spiro atoms. The van der Waals surface area contributed by atoms with Gasteiger partial charge in [0.1, 0.15) is 39.7 Å². The van der Waals surface area contributed by atoms with Gasteiger partial charge in [0.05, 0.1) is 32.6 Å². The summed E-state index contributed by atoms with van der Waals surface area (Å²) in [6.07, 6.45) is 1.47. The summed E-state index contributed by atoms with van der Waals surface area (Å²) < 4.78 is 22.4. The van der Waals surface area contributed by atoms with Gasteiger partial charge in [-0.15, -0.1) is 11.8 Å². The van der Waals surface area contributed by atoms with Crippen LogP contribution in [0.1, 0.15) is 26.9 Å². The Morgan fingerprint density at radius 3 is 2.07 bits per heavy atom. The molecule has 3 amide bonds. The van der Waals surface area contributed by atoms with Gasteiger partial charge in [-0.1, -0.05) is 60.7 Å². The second kappa shape index (κ2) is 17.7. The highest BCUT2D eigenvalue weighted by molar-refractivity contribution is 8.00. The Morgan fingerprint density at radius 2 is 1.37 bits per heavy atom. The maximum absolute atomic E-state index is 13.8. The third kappa shape index (κ3) is 9.19. The Labute approximate surface area is 317 Å². The molecule has 0 bridgehead atoms. The summed E-state index contributed by atoms with van der Waals surface area (Å²) >= 11 is 1.35. The number of methoxy groups -OCH3 is 3. The summed E-state index contributed by atoms with van der Waals surface area (Å²) in [7, 11) is 4.67. The summed E-state index contributed by atoms with van der Waals surface area (Å²) in [6.45, 7) is 0. The quantitative estimate of drug-likeness (QED) is 0.0747. The van der Waals surface area contributed by atoms with Crippen molar-refractivity contribution in [3.8, 4) is 28.6 Å². The number of hydrogen-bond acceptors (Lipinski definition) is 8. The second-order valence-electron chi connectivity index (χ2n) is 11.7. The molecule has 0 aliphatic carbocycles. The zero-order chi connectivity index (χ0) is 37.9. The first-order chi connectivity index (χ1) is 26.3. The molecule has 0 saturated heterocycles. The van der Waals surface area contributed by atoms with Gasteiger partial charge in [0.25, 0.3) is 11.8 Å². The van der Waals surface area contributed by atoms with Gasteiger partial charge in [0, 0.05) is 28.3 Å². The monoisotopic (exact) mass is 739 g/mol. The molecular weight excluding hydrogens is 703 g/mol. The standard InChI is InChI=1S/C43H37N3O7S/c1-50-31-20-25-39(52-3)35(26-31)45-43(49)40(28-12-6-4-7-13-28)54-33-22-18-30(19-23-33)44-42(48)36(46-41(47)29-14-8-5-9-15-29)27-32-21-24-38(53-32)34-16-10-11-17-37(34)51-2/h4-27,40H,1-3H3,(H,44,48)(H,45,49)(H,46,47). The van der Waals surface area contributed by atoms with Crippen molar-refractivity contribution >= 4 is 46.9 Å². The molecule has 0 aliphatic rings. The van der Waals surface area contributed by atoms with E-state index in [9.17, 15) is 14.4 Å². The zero-order valence-electron chi connectivity index (χ0n) is 29.7. The Kier molecular flexibility index (Phi) is 12.1. The molecule has 10 nitrogen and oxygen atoms in total. The van der Waals surface area contributed by atoms with Gasteiger partial charge in [0.15, 0.2) is 0 Å². The number of amides is 3. The molecule has 6 rings (SSSR count). The first kappa shape index (κ1) is 37.1. The maximum Gasteiger partial charge on any atom is 0.272 e. The minimum atomic E-state index is -0.626. The first-order valence-electron chi connectivity index (χ1n) is 16.8. The molecule has 1 unspecified atom stereocenters. The fourth-order valence-electron chi connectivity index (χ4n) is 5.47. The number of hydrogen-bond donors (Lipinski definition) is 3. The lowest BCUT2D eigenvalue weighted by molar-refractivity contribution is -0.116. The largest absolute Gasteiger partial charge is 0.497 e. The Morgan fingerprint density at radius 1 is 0.685 bits per heavy atom. The fourth-order valence-corrected chi connectivity index (χ4v) is 6.49. The molecule has 272 valence electrons. The SMILES string of the molecule is COc1ccc(OC)c(NC(=O)C(Sc2ccc(NC(=O)C(=Cc3ccc(-c4ccccc4OC)o3)NC(=O)c3ccccc3)cc2)c2ccccc2)c1. The van der Waals surface area contributed by atoms with Crippen LogP contribution in [-0.4, -0.2) is 39.1 Å². The zero-order valence-corrected chi connectivity index (χ0v) is 30.5. The first-order valence-corrected chi connectivity index (χ1v) is 17.7. The minimum absolute atomic E-state index is 0.0305. The molecule has 1 heterocycles. The van der Waals surface area contributed by atoms with E-state index < -0.39 is 17.1 Å². The van der Waals surface area contributed by atoms with Crippen LogP contribution in [0.2, 0.25) is 0 Å². The smallest absolute Gasteiger partial charge is 0.272 e. The van der Waals surface area contributed by atoms with E-state index in [1.165, 1.54) is 24.9 Å². The number of ether oxygens (including phenoxy) is 3. The Balaban J connectivity index is 1.22. The van der Waals surface area contributed by atoms with Crippen LogP contribution in [0, 0.1) is 0 Å². The van der Waals surface area contributed by atoms with E-state index in [-0.39, 0.29) is 11.6 Å². The minimum Gasteiger partial charge on any atom is -0.497 e. The Bertz CT molecular complexity index is 2250. The maximum atomic E-state index is 13.8. The molecule has 5 aromatic carbocycles. The molecule has 0 fully saturated rings. The highest BCUT2D eigenvalue weighted by Crippen LogP contribution is 2.38. The number of rotatable bonds is 14. The van der Waals surface area contributed by atoms with E-state index in [2.05, 4.69) is 16.0 Å². The van der Waals surface area contributed by atoms with Crippen molar-refractivity contribution in [2.24, 2.45) is 0 Å². The van der Waals surface area contributed by atoms with Gasteiger partial charge >= 0.3 is 0 Å². The summed E-state index contributed by atoms with van der Waals surface area (Å²) in [5.74, 6) is 1.30. The van der Waals surface area contributed by atoms with E-state index in [4.69, 9.17) is 18.6 Å². The van der Waals surface area contributed by atoms with E-state index >= 15 is 0 Å². The van der Waals surface area contributed by atoms with Gasteiger partial charge in [0.2, 0.25) is 5.91 Å². The average Bonchev–Trinajstić information content (AvgIpc) is 3.69. The predicted octanol–water partition coefficient (Wildman–Crippen LogP) is 8.85. The molecule has 1 aromatic heterocycles. The summed E-state index contributed by atoms with van der Waals surface area (Å²) in [5.41, 5.74) is 2.85. The van der Waals surface area contributed by atoms with Gasteiger partial charge in [-0.05, 0) is 78.4 Å². The molecule has 0 aliphatic heterocycles. The lowest BCUT2D eigenvalue weighted by Crippen LogP contribution is -2.30. The normalized spacial score (nSPS) is 11.6. The van der Waals surface area contributed by atoms with Crippen molar-refractivity contribution in [1.29, 1.82) is 0 Å². The van der Waals surface area contributed by atoms with Crippen LogP contribution in [0.15, 0.2) is 155 Å². The molecule has 54 heavy (non-hydrogen) atoms. The van der Waals surface area contributed by atoms with Crippen molar-refractivity contribution in [2.45, 2.75) is 10.1 Å². The highest BCUT2D eigenvalue weighted by Gasteiger charge is 2.24. The molecular formula is C43H37N3O7S. The number of furan rings is 1. The number of thioether (sulfide) groups is 1. The van der Waals surface area contributed by atoms with Gasteiger partial charge in [-0.2, -0.15) is 0 Å². The molecule has 11 heteroatoms. The number of carbonyl (C=O) groups excluding carboxylic acids is 3. The van der Waals surface area contributed by atoms with Crippen LogP contribution in [-0.2, 0) is 9.59 Å². The second-order valence-corrected chi connectivity index (χ2v) is 12.9. The van der Waals surface area contributed by atoms with Gasteiger partial charge in [-0.25, -0.2) is 0 Å². The van der Waals surface area contributed by atoms with Crippen molar-refractivity contribution < 1.29 is 33.0 Å². The third-order valence-electron chi connectivity index (χ3n) is 8.19. The van der Waals surface area contributed by atoms with Gasteiger partial charge < -0.3 is 34.6 Å². The summed E-state index contributed by atoms with van der Waals surface area (Å²) in [6, 6.07) is 41.2. The molecule has 3 N–H and O–H groups in total. The molecule has 6 aromatic rings. The van der Waals surface area contributed by atoms with E-state index in [1.54, 1.807) is 87.0 Å². The van der Waals surface area contributed by atoms with Crippen molar-refractivity contribution in [3.05, 3.63) is 162 Å². The number of anilines is 2. The Hall–Kier alpha value is -6.72. The molecule has 1 atom stereocenters. The number of benzene rings is 5. The lowest BCUT2D eigenvalue weighted by Gasteiger charge is -2.19. The van der Waals surface area contributed by atoms with E-state index in [0.29, 0.717) is 45.7 Å². The van der Waals surface area contributed by atoms with Crippen molar-refractivity contribution in [1.82, 2.24) is 5.32 Å². The van der Waals surface area contributed by atoms with Crippen LogP contribution in [0.5, 0.6) is 17.2 Å². The van der Waals surface area contributed by atoms with Gasteiger partial charge in [-0.3, -0.25) is 14.4 Å². The lowest BCUT2D eigenvalue weighted by atomic mass is 10.1. The topological polar surface area (TPSA) is 128 Å². The highest BCUT2D eigenvalue weighted by atomic mass is 32.2. The molecule has 0 saturated carbocycles. The van der Waals surface area contributed by atoms with Crippen LogP contribution in [0.25, 0.3) is 17.4 Å². The number of para-hydroxylation sites is 1. The summed E-state index contributed by atoms with van der Waals surface area (Å²) in [5, 5.41) is 7.97. The van der Waals surface area contributed by atoms with Crippen LogP contribution >= 0.6 is 11.8 Å². The predicted molar refractivity (Wildman–Crippen MR) is 211 cm³/mol. The average molecular weight is 740 g/mol. The number of carbonyl (C=O) groups is 3. The van der Waals surface area contributed by atoms with Crippen LogP contribution in [0.4, 0.5) is 11.4 Å².